The highest BCUT2D eigenvalue weighted by Crippen LogP contribution is 2.19. The predicted octanol–water partition coefficient (Wildman–Crippen LogP) is 4.05. The Balaban J connectivity index is 1.75. The van der Waals surface area contributed by atoms with Gasteiger partial charge in [-0.2, -0.15) is 0 Å². The largest absolute Gasteiger partial charge is 0.383 e. The first-order chi connectivity index (χ1) is 15.3. The van der Waals surface area contributed by atoms with Gasteiger partial charge in [-0.1, -0.05) is 30.3 Å². The number of ether oxygens (including phenoxy) is 1. The quantitative estimate of drug-likeness (QED) is 0.523. The maximum absolute atomic E-state index is 13.4. The lowest BCUT2D eigenvalue weighted by Crippen LogP contribution is -2.33. The summed E-state index contributed by atoms with van der Waals surface area (Å²) in [5, 5.41) is 0. The zero-order valence-corrected chi connectivity index (χ0v) is 18.1. The molecule has 0 heterocycles. The Bertz CT molecular complexity index is 1170. The second-order valence-electron chi connectivity index (χ2n) is 6.96. The molecule has 0 saturated heterocycles. The van der Waals surface area contributed by atoms with E-state index in [0.29, 0.717) is 31.3 Å². The molecule has 0 saturated carbocycles. The van der Waals surface area contributed by atoms with Gasteiger partial charge < -0.3 is 9.64 Å². The van der Waals surface area contributed by atoms with Crippen molar-refractivity contribution in [2.75, 3.05) is 25.0 Å². The van der Waals surface area contributed by atoms with Crippen LogP contribution in [0.25, 0.3) is 0 Å². The Hall–Kier alpha value is -3.30. The van der Waals surface area contributed by atoms with Gasteiger partial charge in [-0.05, 0) is 48.0 Å². The van der Waals surface area contributed by atoms with E-state index >= 15 is 0 Å². The fourth-order valence-corrected chi connectivity index (χ4v) is 4.05. The number of benzene rings is 3. The minimum atomic E-state index is -4.12. The Morgan fingerprint density at radius 3 is 2.28 bits per heavy atom. The highest BCUT2D eigenvalue weighted by Gasteiger charge is 2.19. The number of carbonyl (C=O) groups is 1. The van der Waals surface area contributed by atoms with Crippen molar-refractivity contribution in [2.45, 2.75) is 11.4 Å². The third kappa shape index (κ3) is 5.89. The minimum absolute atomic E-state index is 0.179. The molecule has 0 spiro atoms. The molecule has 3 rings (SSSR count). The number of methoxy groups -OCH3 is 1. The molecule has 168 valence electrons. The number of anilines is 1. The number of nitrogens with one attached hydrogen (secondary N) is 1. The summed E-state index contributed by atoms with van der Waals surface area (Å²) in [6.07, 6.45) is 0. The van der Waals surface area contributed by atoms with Crippen molar-refractivity contribution < 1.29 is 26.7 Å². The number of halogens is 2. The predicted molar refractivity (Wildman–Crippen MR) is 117 cm³/mol. The molecule has 0 unspecified atom stereocenters. The van der Waals surface area contributed by atoms with Crippen LogP contribution in [0.4, 0.5) is 14.5 Å². The number of rotatable bonds is 9. The van der Waals surface area contributed by atoms with Crippen molar-refractivity contribution in [3.8, 4) is 0 Å². The molecule has 0 aliphatic carbocycles. The summed E-state index contributed by atoms with van der Waals surface area (Å²) in [5.41, 5.74) is 1.51. The molecule has 0 bridgehead atoms. The van der Waals surface area contributed by atoms with E-state index in [1.165, 1.54) is 24.3 Å². The smallest absolute Gasteiger partial charge is 0.261 e. The minimum Gasteiger partial charge on any atom is -0.383 e. The Morgan fingerprint density at radius 2 is 1.66 bits per heavy atom. The molecule has 0 aliphatic rings. The van der Waals surface area contributed by atoms with Gasteiger partial charge in [-0.3, -0.25) is 9.52 Å². The number of amides is 1. The summed E-state index contributed by atoms with van der Waals surface area (Å²) in [6, 6.07) is 17.7. The third-order valence-corrected chi connectivity index (χ3v) is 6.03. The third-order valence-electron chi connectivity index (χ3n) is 4.65. The molecule has 9 heteroatoms. The first kappa shape index (κ1) is 23.4. The van der Waals surface area contributed by atoms with Gasteiger partial charge in [-0.15, -0.1) is 0 Å². The summed E-state index contributed by atoms with van der Waals surface area (Å²) in [7, 11) is -2.57. The van der Waals surface area contributed by atoms with Gasteiger partial charge in [0, 0.05) is 31.5 Å². The lowest BCUT2D eigenvalue weighted by Gasteiger charge is -2.23. The molecular formula is C23H22F2N2O4S. The summed E-state index contributed by atoms with van der Waals surface area (Å²) in [4.78, 5) is 14.2. The topological polar surface area (TPSA) is 75.7 Å². The number of sulfonamides is 1. The number of nitrogens with zero attached hydrogens (tertiary/aromatic N) is 1. The lowest BCUT2D eigenvalue weighted by molar-refractivity contribution is 0.0680. The van der Waals surface area contributed by atoms with Crippen LogP contribution in [0.3, 0.4) is 0 Å². The summed E-state index contributed by atoms with van der Waals surface area (Å²) < 4.78 is 58.7. The molecule has 3 aromatic carbocycles. The molecule has 32 heavy (non-hydrogen) atoms. The Labute approximate surface area is 185 Å². The van der Waals surface area contributed by atoms with E-state index < -0.39 is 26.6 Å². The fraction of sp³-hybridized carbons (Fsp3) is 0.174. The number of hydrogen-bond acceptors (Lipinski definition) is 4. The maximum atomic E-state index is 13.4. The van der Waals surface area contributed by atoms with Crippen molar-refractivity contribution in [3.05, 3.63) is 95.6 Å². The standard InChI is InChI=1S/C23H22F2N2O4S/c1-31-14-13-27(16-17-5-3-2-4-6-17)23(28)18-7-9-19(10-8-18)26-32(29,30)20-11-12-21(24)22(25)15-20/h2-12,15,26H,13-14,16H2,1H3. The highest BCUT2D eigenvalue weighted by molar-refractivity contribution is 7.92. The summed E-state index contributed by atoms with van der Waals surface area (Å²) >= 11 is 0. The van der Waals surface area contributed by atoms with E-state index in [4.69, 9.17) is 4.74 Å². The molecule has 0 aromatic heterocycles. The van der Waals surface area contributed by atoms with Crippen molar-refractivity contribution in [1.82, 2.24) is 4.90 Å². The zero-order valence-electron chi connectivity index (χ0n) is 17.3. The van der Waals surface area contributed by atoms with Crippen LogP contribution in [0.15, 0.2) is 77.7 Å². The molecule has 6 nitrogen and oxygen atoms in total. The molecule has 3 aromatic rings. The Kier molecular flexibility index (Phi) is 7.55. The fourth-order valence-electron chi connectivity index (χ4n) is 2.98. The monoisotopic (exact) mass is 460 g/mol. The average Bonchev–Trinajstić information content (AvgIpc) is 2.79. The van der Waals surface area contributed by atoms with Crippen LogP contribution in [0.1, 0.15) is 15.9 Å². The van der Waals surface area contributed by atoms with Crippen molar-refractivity contribution >= 4 is 21.6 Å². The van der Waals surface area contributed by atoms with E-state index in [9.17, 15) is 22.0 Å². The van der Waals surface area contributed by atoms with E-state index in [0.717, 1.165) is 17.7 Å². The van der Waals surface area contributed by atoms with E-state index in [1.807, 2.05) is 30.3 Å². The van der Waals surface area contributed by atoms with Crippen LogP contribution >= 0.6 is 0 Å². The molecule has 1 amide bonds. The molecule has 0 atom stereocenters. The number of carbonyl (C=O) groups excluding carboxylic acids is 1. The van der Waals surface area contributed by atoms with Gasteiger partial charge in [-0.25, -0.2) is 17.2 Å². The van der Waals surface area contributed by atoms with Crippen molar-refractivity contribution in [1.29, 1.82) is 0 Å². The number of hydrogen-bond donors (Lipinski definition) is 1. The maximum Gasteiger partial charge on any atom is 0.261 e. The second-order valence-corrected chi connectivity index (χ2v) is 8.65. The van der Waals surface area contributed by atoms with Gasteiger partial charge in [0.1, 0.15) is 0 Å². The van der Waals surface area contributed by atoms with Crippen molar-refractivity contribution in [3.63, 3.8) is 0 Å². The van der Waals surface area contributed by atoms with Crippen LogP contribution in [-0.4, -0.2) is 39.5 Å². The normalized spacial score (nSPS) is 11.2. The van der Waals surface area contributed by atoms with E-state index in [-0.39, 0.29) is 11.6 Å². The molecule has 0 aliphatic heterocycles. The van der Waals surface area contributed by atoms with Gasteiger partial charge >= 0.3 is 0 Å². The first-order valence-electron chi connectivity index (χ1n) is 9.70. The summed E-state index contributed by atoms with van der Waals surface area (Å²) in [6.45, 7) is 1.15. The van der Waals surface area contributed by atoms with Gasteiger partial charge in [0.2, 0.25) is 0 Å². The lowest BCUT2D eigenvalue weighted by atomic mass is 10.1. The molecular weight excluding hydrogens is 438 g/mol. The van der Waals surface area contributed by atoms with Gasteiger partial charge in [0.15, 0.2) is 11.6 Å². The van der Waals surface area contributed by atoms with Crippen LogP contribution in [0, 0.1) is 11.6 Å². The van der Waals surface area contributed by atoms with E-state index in [2.05, 4.69) is 4.72 Å². The first-order valence-corrected chi connectivity index (χ1v) is 11.2. The van der Waals surface area contributed by atoms with Crippen LogP contribution in [-0.2, 0) is 21.3 Å². The summed E-state index contributed by atoms with van der Waals surface area (Å²) in [5.74, 6) is -2.63. The van der Waals surface area contributed by atoms with Crippen molar-refractivity contribution in [2.24, 2.45) is 0 Å². The van der Waals surface area contributed by atoms with E-state index in [1.54, 1.807) is 12.0 Å². The van der Waals surface area contributed by atoms with Crippen LogP contribution in [0.5, 0.6) is 0 Å². The molecule has 0 fully saturated rings. The van der Waals surface area contributed by atoms with Gasteiger partial charge in [0.25, 0.3) is 15.9 Å². The highest BCUT2D eigenvalue weighted by atomic mass is 32.2. The Morgan fingerprint density at radius 1 is 0.969 bits per heavy atom. The zero-order chi connectivity index (χ0) is 23.1. The average molecular weight is 461 g/mol. The van der Waals surface area contributed by atoms with Crippen LogP contribution < -0.4 is 4.72 Å². The molecule has 1 N–H and O–H groups in total. The van der Waals surface area contributed by atoms with Gasteiger partial charge in [0.05, 0.1) is 11.5 Å². The van der Waals surface area contributed by atoms with Crippen LogP contribution in [0.2, 0.25) is 0 Å². The second kappa shape index (κ2) is 10.3. The SMILES string of the molecule is COCCN(Cc1ccccc1)C(=O)c1ccc(NS(=O)(=O)c2ccc(F)c(F)c2)cc1. The molecule has 0 radical (unpaired) electrons.